The number of fused-ring (bicyclic) bond motifs is 1. The van der Waals surface area contributed by atoms with Crippen molar-refractivity contribution < 1.29 is 9.53 Å². The van der Waals surface area contributed by atoms with Gasteiger partial charge in [-0.25, -0.2) is 9.97 Å². The minimum Gasteiger partial charge on any atom is -0.468 e. The Balaban J connectivity index is 2.40. The number of esters is 1. The Kier molecular flexibility index (Phi) is 3.99. The molecule has 0 atom stereocenters. The number of rotatable bonds is 5. The van der Waals surface area contributed by atoms with Crippen molar-refractivity contribution in [1.82, 2.24) is 14.5 Å². The van der Waals surface area contributed by atoms with Crippen LogP contribution in [-0.2, 0) is 16.6 Å². The molecule has 0 amide bonds. The highest BCUT2D eigenvalue weighted by molar-refractivity contribution is 5.88. The van der Waals surface area contributed by atoms with E-state index in [1.165, 1.54) is 7.11 Å². The summed E-state index contributed by atoms with van der Waals surface area (Å²) in [4.78, 5) is 22.1. The van der Waals surface area contributed by atoms with Gasteiger partial charge in [0.1, 0.15) is 12.1 Å². The summed E-state index contributed by atoms with van der Waals surface area (Å²) in [6, 6.07) is 1.91. The predicted octanol–water partition coefficient (Wildman–Crippen LogP) is 1.36. The first-order valence-electron chi connectivity index (χ1n) is 6.25. The summed E-state index contributed by atoms with van der Waals surface area (Å²) in [5, 5.41) is 0. The van der Waals surface area contributed by atoms with E-state index in [2.05, 4.69) is 16.9 Å². The molecular formula is C13H18N4O2. The van der Waals surface area contributed by atoms with Gasteiger partial charge in [-0.15, -0.1) is 0 Å². The van der Waals surface area contributed by atoms with Gasteiger partial charge in [-0.2, -0.15) is 0 Å². The molecule has 0 aromatic carbocycles. The molecule has 2 aromatic heterocycles. The third-order valence-corrected chi connectivity index (χ3v) is 2.96. The predicted molar refractivity (Wildman–Crippen MR) is 73.0 cm³/mol. The molecule has 6 nitrogen and oxygen atoms in total. The fourth-order valence-corrected chi connectivity index (χ4v) is 2.03. The highest BCUT2D eigenvalue weighted by atomic mass is 16.5. The van der Waals surface area contributed by atoms with E-state index in [1.54, 1.807) is 12.5 Å². The van der Waals surface area contributed by atoms with E-state index in [9.17, 15) is 4.79 Å². The van der Waals surface area contributed by atoms with Gasteiger partial charge < -0.3 is 14.2 Å². The number of aryl methyl sites for hydroxylation is 1. The van der Waals surface area contributed by atoms with E-state index >= 15 is 0 Å². The summed E-state index contributed by atoms with van der Waals surface area (Å²) in [5.74, 6) is 0.452. The maximum absolute atomic E-state index is 11.5. The minimum absolute atomic E-state index is 0.188. The fourth-order valence-electron chi connectivity index (χ4n) is 2.03. The second-order valence-corrected chi connectivity index (χ2v) is 4.36. The van der Waals surface area contributed by atoms with Gasteiger partial charge in [0, 0.05) is 19.8 Å². The molecule has 0 radical (unpaired) electrons. The van der Waals surface area contributed by atoms with Crippen molar-refractivity contribution in [2.75, 3.05) is 25.1 Å². The Hall–Kier alpha value is -2.11. The van der Waals surface area contributed by atoms with E-state index in [0.29, 0.717) is 0 Å². The SMILES string of the molecule is CCCN(CC(=O)OC)c1nccc2c1ncn2C. The van der Waals surface area contributed by atoms with Gasteiger partial charge >= 0.3 is 5.97 Å². The Labute approximate surface area is 112 Å². The number of methoxy groups -OCH3 is 1. The van der Waals surface area contributed by atoms with Gasteiger partial charge in [-0.1, -0.05) is 6.92 Å². The van der Waals surface area contributed by atoms with Gasteiger partial charge in [-0.3, -0.25) is 4.79 Å². The van der Waals surface area contributed by atoms with Crippen LogP contribution in [-0.4, -0.2) is 40.7 Å². The van der Waals surface area contributed by atoms with Gasteiger partial charge in [0.05, 0.1) is 19.0 Å². The lowest BCUT2D eigenvalue weighted by Gasteiger charge is -2.21. The number of ether oxygens (including phenoxy) is 1. The van der Waals surface area contributed by atoms with E-state index < -0.39 is 0 Å². The largest absolute Gasteiger partial charge is 0.468 e. The number of pyridine rings is 1. The highest BCUT2D eigenvalue weighted by Crippen LogP contribution is 2.22. The number of anilines is 1. The zero-order valence-corrected chi connectivity index (χ0v) is 11.5. The maximum atomic E-state index is 11.5. The topological polar surface area (TPSA) is 60.3 Å². The van der Waals surface area contributed by atoms with Crippen molar-refractivity contribution in [2.24, 2.45) is 7.05 Å². The van der Waals surface area contributed by atoms with Gasteiger partial charge in [0.25, 0.3) is 0 Å². The number of carbonyl (C=O) groups is 1. The lowest BCUT2D eigenvalue weighted by Crippen LogP contribution is -2.32. The zero-order chi connectivity index (χ0) is 13.8. The third-order valence-electron chi connectivity index (χ3n) is 2.96. The second-order valence-electron chi connectivity index (χ2n) is 4.36. The summed E-state index contributed by atoms with van der Waals surface area (Å²) >= 11 is 0. The number of hydrogen-bond donors (Lipinski definition) is 0. The van der Waals surface area contributed by atoms with Gasteiger partial charge in [0.2, 0.25) is 0 Å². The van der Waals surface area contributed by atoms with Crippen LogP contribution in [0, 0.1) is 0 Å². The van der Waals surface area contributed by atoms with Gasteiger partial charge in [-0.05, 0) is 12.5 Å². The summed E-state index contributed by atoms with van der Waals surface area (Å²) in [5.41, 5.74) is 1.80. The Morgan fingerprint density at radius 3 is 2.95 bits per heavy atom. The molecule has 102 valence electrons. The smallest absolute Gasteiger partial charge is 0.325 e. The third kappa shape index (κ3) is 2.67. The molecule has 0 aliphatic carbocycles. The average Bonchev–Trinajstić information content (AvgIpc) is 2.80. The van der Waals surface area contributed by atoms with Crippen LogP contribution >= 0.6 is 0 Å². The van der Waals surface area contributed by atoms with Crippen LogP contribution in [0.25, 0.3) is 11.0 Å². The van der Waals surface area contributed by atoms with Crippen LogP contribution in [0.1, 0.15) is 13.3 Å². The van der Waals surface area contributed by atoms with Crippen molar-refractivity contribution in [1.29, 1.82) is 0 Å². The molecule has 2 rings (SSSR count). The summed E-state index contributed by atoms with van der Waals surface area (Å²) in [7, 11) is 3.32. The first kappa shape index (κ1) is 13.3. The molecular weight excluding hydrogens is 244 g/mol. The van der Waals surface area contributed by atoms with Crippen molar-refractivity contribution in [3.8, 4) is 0 Å². The number of carbonyl (C=O) groups excluding carboxylic acids is 1. The number of hydrogen-bond acceptors (Lipinski definition) is 5. The molecule has 0 unspecified atom stereocenters. The zero-order valence-electron chi connectivity index (χ0n) is 11.5. The van der Waals surface area contributed by atoms with E-state index in [-0.39, 0.29) is 12.5 Å². The molecule has 6 heteroatoms. The van der Waals surface area contributed by atoms with Gasteiger partial charge in [0.15, 0.2) is 5.82 Å². The lowest BCUT2D eigenvalue weighted by atomic mass is 10.3. The van der Waals surface area contributed by atoms with Crippen molar-refractivity contribution in [2.45, 2.75) is 13.3 Å². The highest BCUT2D eigenvalue weighted by Gasteiger charge is 2.16. The molecule has 0 saturated carbocycles. The van der Waals surface area contributed by atoms with E-state index in [0.717, 1.165) is 29.8 Å². The number of imidazole rings is 1. The van der Waals surface area contributed by atoms with Crippen molar-refractivity contribution in [3.05, 3.63) is 18.6 Å². The molecule has 2 aromatic rings. The van der Waals surface area contributed by atoms with Crippen LogP contribution in [0.3, 0.4) is 0 Å². The first-order chi connectivity index (χ1) is 9.17. The molecule has 0 fully saturated rings. The summed E-state index contributed by atoms with van der Waals surface area (Å²) < 4.78 is 6.67. The summed E-state index contributed by atoms with van der Waals surface area (Å²) in [6.07, 6.45) is 4.40. The standard InChI is InChI=1S/C13H18N4O2/c1-4-7-17(8-11(18)19-3)13-12-10(5-6-14-13)16(2)9-15-12/h5-6,9H,4,7-8H2,1-3H3. The normalized spacial score (nSPS) is 10.7. The molecule has 0 bridgehead atoms. The minimum atomic E-state index is -0.275. The second kappa shape index (κ2) is 5.69. The summed E-state index contributed by atoms with van der Waals surface area (Å²) in [6.45, 7) is 2.98. The quantitative estimate of drug-likeness (QED) is 0.761. The molecule has 19 heavy (non-hydrogen) atoms. The van der Waals surface area contributed by atoms with E-state index in [4.69, 9.17) is 4.74 Å². The first-order valence-corrected chi connectivity index (χ1v) is 6.25. The Morgan fingerprint density at radius 1 is 1.47 bits per heavy atom. The molecule has 0 spiro atoms. The van der Waals surface area contributed by atoms with Crippen LogP contribution in [0.4, 0.5) is 5.82 Å². The molecule has 0 aliphatic heterocycles. The number of aromatic nitrogens is 3. The lowest BCUT2D eigenvalue weighted by molar-refractivity contribution is -0.138. The molecule has 2 heterocycles. The Morgan fingerprint density at radius 2 is 2.26 bits per heavy atom. The molecule has 0 aliphatic rings. The molecule has 0 saturated heterocycles. The molecule has 0 N–H and O–H groups in total. The van der Waals surface area contributed by atoms with Crippen LogP contribution in [0.5, 0.6) is 0 Å². The average molecular weight is 262 g/mol. The maximum Gasteiger partial charge on any atom is 0.325 e. The Bertz CT molecular complexity index is 579. The van der Waals surface area contributed by atoms with Crippen LogP contribution in [0.2, 0.25) is 0 Å². The monoisotopic (exact) mass is 262 g/mol. The fraction of sp³-hybridized carbons (Fsp3) is 0.462. The number of nitrogens with zero attached hydrogens (tertiary/aromatic N) is 4. The van der Waals surface area contributed by atoms with E-state index in [1.807, 2.05) is 22.6 Å². The van der Waals surface area contributed by atoms with Crippen LogP contribution in [0.15, 0.2) is 18.6 Å². The van der Waals surface area contributed by atoms with Crippen molar-refractivity contribution >= 4 is 22.8 Å². The van der Waals surface area contributed by atoms with Crippen LogP contribution < -0.4 is 4.90 Å². The van der Waals surface area contributed by atoms with Crippen molar-refractivity contribution in [3.63, 3.8) is 0 Å².